The third-order valence-corrected chi connectivity index (χ3v) is 2.82. The van der Waals surface area contributed by atoms with Crippen LogP contribution in [0.3, 0.4) is 0 Å². The zero-order chi connectivity index (χ0) is 12.3. The van der Waals surface area contributed by atoms with E-state index in [9.17, 15) is 5.11 Å². The molecular formula is C13H19NO3. The van der Waals surface area contributed by atoms with E-state index in [-0.39, 0.29) is 6.10 Å². The second kappa shape index (κ2) is 5.38. The Balaban J connectivity index is 1.90. The summed E-state index contributed by atoms with van der Waals surface area (Å²) < 4.78 is 10.6. The Morgan fingerprint density at radius 2 is 2.12 bits per heavy atom. The number of nitrogens with zero attached hydrogens (tertiary/aromatic N) is 1. The molecule has 2 rings (SSSR count). The maximum absolute atomic E-state index is 9.23. The zero-order valence-electron chi connectivity index (χ0n) is 10.3. The highest BCUT2D eigenvalue weighted by molar-refractivity contribution is 5.44. The Kier molecular flexibility index (Phi) is 3.86. The largest absolute Gasteiger partial charge is 0.454 e. The molecule has 4 heteroatoms. The molecule has 94 valence electrons. The summed E-state index contributed by atoms with van der Waals surface area (Å²) in [5, 5.41) is 9.23. The highest BCUT2D eigenvalue weighted by Gasteiger charge is 2.13. The van der Waals surface area contributed by atoms with E-state index in [1.165, 1.54) is 5.56 Å². The van der Waals surface area contributed by atoms with E-state index < -0.39 is 0 Å². The van der Waals surface area contributed by atoms with Crippen LogP contribution in [0, 0.1) is 0 Å². The number of fused-ring (bicyclic) bond motifs is 1. The molecule has 0 spiro atoms. The van der Waals surface area contributed by atoms with Crippen molar-refractivity contribution in [3.8, 4) is 11.5 Å². The van der Waals surface area contributed by atoms with Gasteiger partial charge in [0.1, 0.15) is 0 Å². The first-order valence-corrected chi connectivity index (χ1v) is 5.90. The fourth-order valence-corrected chi connectivity index (χ4v) is 1.84. The Bertz CT molecular complexity index is 379. The normalized spacial score (nSPS) is 15.3. The molecule has 17 heavy (non-hydrogen) atoms. The fourth-order valence-electron chi connectivity index (χ4n) is 1.84. The van der Waals surface area contributed by atoms with Crippen molar-refractivity contribution in [3.05, 3.63) is 23.8 Å². The van der Waals surface area contributed by atoms with Crippen molar-refractivity contribution >= 4 is 0 Å². The summed E-state index contributed by atoms with van der Waals surface area (Å²) in [7, 11) is 2.05. The van der Waals surface area contributed by atoms with Gasteiger partial charge in [0, 0.05) is 13.1 Å². The van der Waals surface area contributed by atoms with Crippen LogP contribution in [0.5, 0.6) is 11.5 Å². The molecule has 0 saturated carbocycles. The smallest absolute Gasteiger partial charge is 0.231 e. The molecule has 0 radical (unpaired) electrons. The number of hydrogen-bond donors (Lipinski definition) is 1. The van der Waals surface area contributed by atoms with E-state index in [4.69, 9.17) is 9.47 Å². The van der Waals surface area contributed by atoms with E-state index in [1.54, 1.807) is 0 Å². The number of rotatable bonds is 5. The second-order valence-corrected chi connectivity index (χ2v) is 4.56. The van der Waals surface area contributed by atoms with Crippen LogP contribution in [0.4, 0.5) is 0 Å². The van der Waals surface area contributed by atoms with Gasteiger partial charge in [0.2, 0.25) is 6.79 Å². The molecule has 1 aliphatic rings. The van der Waals surface area contributed by atoms with Crippen molar-refractivity contribution in [1.29, 1.82) is 0 Å². The number of aliphatic hydroxyl groups excluding tert-OH is 1. The molecule has 0 bridgehead atoms. The summed E-state index contributed by atoms with van der Waals surface area (Å²) in [5.41, 5.74) is 1.20. The zero-order valence-corrected chi connectivity index (χ0v) is 10.3. The van der Waals surface area contributed by atoms with Crippen LogP contribution in [-0.2, 0) is 6.54 Å². The van der Waals surface area contributed by atoms with Crippen LogP contribution in [-0.4, -0.2) is 36.5 Å². The summed E-state index contributed by atoms with van der Waals surface area (Å²) in [6.45, 7) is 3.86. The highest BCUT2D eigenvalue weighted by Crippen LogP contribution is 2.32. The van der Waals surface area contributed by atoms with E-state index in [0.29, 0.717) is 6.79 Å². The lowest BCUT2D eigenvalue weighted by atomic mass is 10.2. The third kappa shape index (κ3) is 3.35. The molecule has 1 heterocycles. The van der Waals surface area contributed by atoms with Crippen molar-refractivity contribution in [3.63, 3.8) is 0 Å². The first-order chi connectivity index (χ1) is 8.15. The van der Waals surface area contributed by atoms with Crippen molar-refractivity contribution < 1.29 is 14.6 Å². The average Bonchev–Trinajstić information content (AvgIpc) is 2.73. The summed E-state index contributed by atoms with van der Waals surface area (Å²) in [5.74, 6) is 1.65. The molecule has 0 aromatic heterocycles. The van der Waals surface area contributed by atoms with Gasteiger partial charge >= 0.3 is 0 Å². The molecule has 0 amide bonds. The van der Waals surface area contributed by atoms with Gasteiger partial charge in [-0.3, -0.25) is 0 Å². The summed E-state index contributed by atoms with van der Waals surface area (Å²) in [6.07, 6.45) is 0.551. The standard InChI is InChI=1S/C13H19NO3/c1-10(15)5-6-14(2)8-11-3-4-12-13(7-11)17-9-16-12/h3-4,7,10,15H,5-6,8-9H2,1-2H3. The van der Waals surface area contributed by atoms with Crippen LogP contribution < -0.4 is 9.47 Å². The van der Waals surface area contributed by atoms with Crippen molar-refractivity contribution in [2.45, 2.75) is 26.0 Å². The maximum Gasteiger partial charge on any atom is 0.231 e. The second-order valence-electron chi connectivity index (χ2n) is 4.56. The van der Waals surface area contributed by atoms with Gasteiger partial charge in [0.15, 0.2) is 11.5 Å². The van der Waals surface area contributed by atoms with Gasteiger partial charge in [-0.25, -0.2) is 0 Å². The van der Waals surface area contributed by atoms with Crippen molar-refractivity contribution in [2.75, 3.05) is 20.4 Å². The third-order valence-electron chi connectivity index (χ3n) is 2.82. The summed E-state index contributed by atoms with van der Waals surface area (Å²) >= 11 is 0. The van der Waals surface area contributed by atoms with Crippen LogP contribution in [0.15, 0.2) is 18.2 Å². The SMILES string of the molecule is CC(O)CCN(C)Cc1ccc2c(c1)OCO2. The minimum absolute atomic E-state index is 0.241. The van der Waals surface area contributed by atoms with Crippen LogP contribution in [0.2, 0.25) is 0 Å². The molecule has 4 nitrogen and oxygen atoms in total. The molecule has 1 N–H and O–H groups in total. The predicted molar refractivity (Wildman–Crippen MR) is 65.2 cm³/mol. The minimum Gasteiger partial charge on any atom is -0.454 e. The molecule has 1 unspecified atom stereocenters. The molecule has 1 aromatic rings. The molecule has 0 saturated heterocycles. The van der Waals surface area contributed by atoms with Gasteiger partial charge < -0.3 is 19.5 Å². The Morgan fingerprint density at radius 1 is 1.35 bits per heavy atom. The Hall–Kier alpha value is -1.26. The molecule has 0 aliphatic carbocycles. The highest BCUT2D eigenvalue weighted by atomic mass is 16.7. The maximum atomic E-state index is 9.23. The van der Waals surface area contributed by atoms with Gasteiger partial charge in [-0.1, -0.05) is 6.07 Å². The quantitative estimate of drug-likeness (QED) is 0.845. The Morgan fingerprint density at radius 3 is 2.88 bits per heavy atom. The molecule has 0 fully saturated rings. The van der Waals surface area contributed by atoms with E-state index in [0.717, 1.165) is 31.0 Å². The van der Waals surface area contributed by atoms with Crippen molar-refractivity contribution in [1.82, 2.24) is 4.90 Å². The van der Waals surface area contributed by atoms with Gasteiger partial charge in [0.05, 0.1) is 6.10 Å². The van der Waals surface area contributed by atoms with Crippen LogP contribution in [0.25, 0.3) is 0 Å². The average molecular weight is 237 g/mol. The Labute approximate surface area is 102 Å². The summed E-state index contributed by atoms with van der Waals surface area (Å²) in [6, 6.07) is 6.01. The monoisotopic (exact) mass is 237 g/mol. The van der Waals surface area contributed by atoms with Crippen molar-refractivity contribution in [2.24, 2.45) is 0 Å². The van der Waals surface area contributed by atoms with Crippen LogP contribution in [0.1, 0.15) is 18.9 Å². The van der Waals surface area contributed by atoms with E-state index >= 15 is 0 Å². The topological polar surface area (TPSA) is 41.9 Å². The number of hydrogen-bond acceptors (Lipinski definition) is 4. The minimum atomic E-state index is -0.241. The lowest BCUT2D eigenvalue weighted by Gasteiger charge is -2.17. The first kappa shape index (κ1) is 12.2. The molecule has 1 atom stereocenters. The van der Waals surface area contributed by atoms with Crippen LogP contribution >= 0.6 is 0 Å². The molecule has 1 aromatic carbocycles. The van der Waals surface area contributed by atoms with Gasteiger partial charge in [-0.15, -0.1) is 0 Å². The van der Waals surface area contributed by atoms with Gasteiger partial charge in [0.25, 0.3) is 0 Å². The van der Waals surface area contributed by atoms with Gasteiger partial charge in [-0.05, 0) is 38.1 Å². The molecular weight excluding hydrogens is 218 g/mol. The summed E-state index contributed by atoms with van der Waals surface area (Å²) in [4.78, 5) is 2.18. The van der Waals surface area contributed by atoms with E-state index in [2.05, 4.69) is 4.90 Å². The lowest BCUT2D eigenvalue weighted by molar-refractivity contribution is 0.162. The van der Waals surface area contributed by atoms with Gasteiger partial charge in [-0.2, -0.15) is 0 Å². The number of aliphatic hydroxyl groups is 1. The number of benzene rings is 1. The lowest BCUT2D eigenvalue weighted by Crippen LogP contribution is -2.22. The fraction of sp³-hybridized carbons (Fsp3) is 0.538. The first-order valence-electron chi connectivity index (χ1n) is 5.90. The van der Waals surface area contributed by atoms with E-state index in [1.807, 2.05) is 32.2 Å². The predicted octanol–water partition coefficient (Wildman–Crippen LogP) is 1.62. The number of ether oxygens (including phenoxy) is 2. The molecule has 1 aliphatic heterocycles.